The molecule has 0 rings (SSSR count). The summed E-state index contributed by atoms with van der Waals surface area (Å²) in [5, 5.41) is 86.3. The molecule has 0 saturated carbocycles. The van der Waals surface area contributed by atoms with E-state index in [2.05, 4.69) is 106 Å². The van der Waals surface area contributed by atoms with Crippen LogP contribution in [0.2, 0.25) is 0 Å². The summed E-state index contributed by atoms with van der Waals surface area (Å²) in [4.78, 5) is 298. The molecule has 20 amide bonds. The molecule has 135 heavy (non-hydrogen) atoms. The minimum Gasteiger partial charge on any atom is -0.481 e. The number of carbonyl (C=O) groups is 22. The van der Waals surface area contributed by atoms with Crippen LogP contribution in [-0.4, -0.2) is 304 Å². The molecular formula is C84H149N25O26. The number of unbranched alkanes of at least 4 members (excludes halogenated alkanes) is 1. The zero-order valence-corrected chi connectivity index (χ0v) is 80.6. The van der Waals surface area contributed by atoms with Crippen LogP contribution in [0.25, 0.3) is 0 Å². The second-order valence-electron chi connectivity index (χ2n) is 35.2. The van der Waals surface area contributed by atoms with Gasteiger partial charge in [-0.05, 0) is 148 Å². The smallest absolute Gasteiger partial charge is 0.322 e. The molecule has 0 aliphatic carbocycles. The highest BCUT2D eigenvalue weighted by Crippen LogP contribution is 2.16. The number of carboxylic acids is 2. The summed E-state index contributed by atoms with van der Waals surface area (Å²) < 4.78 is 0. The lowest BCUT2D eigenvalue weighted by atomic mass is 9.97. The highest BCUT2D eigenvalue weighted by molar-refractivity contribution is 6.02. The second-order valence-corrected chi connectivity index (χ2v) is 35.2. The highest BCUT2D eigenvalue weighted by atomic mass is 16.4. The van der Waals surface area contributed by atoms with Gasteiger partial charge in [0, 0.05) is 19.4 Å². The average Bonchev–Trinajstić information content (AvgIpc) is 0.846. The first kappa shape index (κ1) is 122. The predicted octanol–water partition coefficient (Wildman–Crippen LogP) is -9.22. The van der Waals surface area contributed by atoms with Gasteiger partial charge in [-0.25, -0.2) is 0 Å². The fourth-order valence-corrected chi connectivity index (χ4v) is 12.6. The van der Waals surface area contributed by atoms with E-state index in [1.165, 1.54) is 55.4 Å². The van der Waals surface area contributed by atoms with E-state index in [9.17, 15) is 121 Å². The van der Waals surface area contributed by atoms with Gasteiger partial charge in [0.25, 0.3) is 0 Å². The third-order valence-electron chi connectivity index (χ3n) is 20.9. The molecule has 766 valence electrons. The Labute approximate surface area is 785 Å². The largest absolute Gasteiger partial charge is 0.481 e. The zero-order valence-electron chi connectivity index (χ0n) is 80.6. The number of aliphatic imine (C=N–C) groups is 1. The van der Waals surface area contributed by atoms with Crippen molar-refractivity contribution in [2.45, 2.75) is 324 Å². The monoisotopic (exact) mass is 1920 g/mol. The maximum absolute atomic E-state index is 14.3. The van der Waals surface area contributed by atoms with E-state index in [-0.39, 0.29) is 62.9 Å². The third-order valence-corrected chi connectivity index (χ3v) is 20.9. The Morgan fingerprint density at radius 2 is 0.622 bits per heavy atom. The van der Waals surface area contributed by atoms with Gasteiger partial charge in [0.1, 0.15) is 103 Å². The van der Waals surface area contributed by atoms with Crippen molar-refractivity contribution in [1.29, 1.82) is 0 Å². The van der Waals surface area contributed by atoms with Gasteiger partial charge in [-0.1, -0.05) is 89.5 Å². The summed E-state index contributed by atoms with van der Waals surface area (Å²) in [6, 6.07) is -24.8. The molecule has 0 bridgehead atoms. The summed E-state index contributed by atoms with van der Waals surface area (Å²) in [5.74, 6) is -25.2. The van der Waals surface area contributed by atoms with Crippen molar-refractivity contribution in [1.82, 2.24) is 101 Å². The number of carboxylic acid groups (broad SMARTS) is 2. The maximum Gasteiger partial charge on any atom is 0.322 e. The molecule has 0 aliphatic heterocycles. The van der Waals surface area contributed by atoms with Crippen molar-refractivity contribution in [2.75, 3.05) is 32.7 Å². The van der Waals surface area contributed by atoms with Gasteiger partial charge < -0.3 is 150 Å². The lowest BCUT2D eigenvalue weighted by molar-refractivity contribution is -0.139. The van der Waals surface area contributed by atoms with Crippen LogP contribution >= 0.6 is 0 Å². The number of nitrogens with two attached hydrogens (primary N) is 5. The van der Waals surface area contributed by atoms with Crippen LogP contribution in [0.3, 0.4) is 0 Å². The number of rotatable bonds is 64. The summed E-state index contributed by atoms with van der Waals surface area (Å²) in [5.41, 5.74) is 27.8. The number of primary amides is 1. The molecule has 51 heteroatoms. The van der Waals surface area contributed by atoms with Gasteiger partial charge >= 0.3 is 11.9 Å². The molecule has 51 nitrogen and oxygen atoms in total. The minimum absolute atomic E-state index is 0.0366. The number of aliphatic hydroxyl groups is 2. The lowest BCUT2D eigenvalue weighted by Gasteiger charge is -2.30. The number of carbonyl (C=O) groups excluding carboxylic acids is 20. The first-order valence-corrected chi connectivity index (χ1v) is 45.0. The van der Waals surface area contributed by atoms with Gasteiger partial charge in [0.15, 0.2) is 5.96 Å². The number of nitrogens with zero attached hydrogens (tertiary/aromatic N) is 1. The van der Waals surface area contributed by atoms with Crippen molar-refractivity contribution < 1.29 is 126 Å². The Kier molecular flexibility index (Phi) is 56.3. The molecule has 0 aliphatic rings. The second kappa shape index (κ2) is 62.1. The summed E-state index contributed by atoms with van der Waals surface area (Å²) in [7, 11) is 0. The van der Waals surface area contributed by atoms with Crippen molar-refractivity contribution >= 4 is 136 Å². The first-order valence-electron chi connectivity index (χ1n) is 45.0. The molecule has 0 spiro atoms. The molecule has 0 aromatic rings. The van der Waals surface area contributed by atoms with Gasteiger partial charge in [0.2, 0.25) is 118 Å². The number of hydrogen-bond acceptors (Lipinski definition) is 27. The average molecular weight is 1930 g/mol. The molecule has 0 radical (unpaired) electrons. The summed E-state index contributed by atoms with van der Waals surface area (Å²) in [6.07, 6.45) is -4.53. The van der Waals surface area contributed by atoms with Crippen LogP contribution < -0.4 is 130 Å². The fraction of sp³-hybridized carbons (Fsp3) is 0.726. The maximum atomic E-state index is 14.3. The van der Waals surface area contributed by atoms with E-state index in [1.54, 1.807) is 62.3 Å². The normalized spacial score (nSPS) is 15.7. The van der Waals surface area contributed by atoms with Crippen molar-refractivity contribution in [3.8, 4) is 0 Å². The van der Waals surface area contributed by atoms with E-state index in [4.69, 9.17) is 33.8 Å². The standard InChI is InChI=1S/C84H149N25O26/c1-20-42(12)64(107-83(135)66(49(19)111)109-77(129)55(33-38(4)5)104-82(134)65(48(18)110)108-75(127)52(27-29-59(115)116)99-58(114)35-91-57(113)34-92-73(125)54(32-37(2)3)103-74(126)51(24-21-22-30-85)102-78(130)61(87)39(6)7)81(133)98-46(16)70(122)101-53(26-28-56(86)112)76(128)106-63(41(10)11)80(132)97-44(14)68(120)95-47(17)71(123)105-62(40(8)9)79(131)96-43(13)67(119)94-45(15)69(121)100-50(25-23-31-90-84(88)89)72(124)93-36-60(117)118/h37-55,61-66,110-111H,20-36,85,87H2,1-19H3,(H2,86,112)(H,91,113)(H,92,125)(H,93,124)(H,94,119)(H,95,120)(H,96,131)(H,97,132)(H,98,133)(H,99,114)(H,100,121)(H,101,122)(H,102,130)(H,103,126)(H,104,134)(H,105,123)(H,106,128)(H,107,135)(H,108,127)(H,109,129)(H,115,116)(H,117,118)(H4,88,89,90)/t42-,43-,44-,45-,46-,47-,48+,49+,50-,51-,52-,53-,54-,55-,61-,62-,63-,64-,65-,66-/m0/s1. The van der Waals surface area contributed by atoms with E-state index in [1.807, 2.05) is 0 Å². The van der Waals surface area contributed by atoms with Crippen LogP contribution in [-0.2, 0) is 105 Å². The highest BCUT2D eigenvalue weighted by Gasteiger charge is 2.41. The SMILES string of the molecule is CC[C@H](C)[C@H](NC(=O)[C@@H](NC(=O)[C@H](CC(C)C)NC(=O)[C@@H](NC(=O)[C@H](CCC(=O)O)NC(=O)CNC(=O)CNC(=O)[C@H](CC(C)C)NC(=O)[C@H](CCCCN)NC(=O)[C@@H](N)C(C)C)[C@@H](C)O)[C@@H](C)O)C(=O)N[C@@H](C)C(=O)N[C@@H](CCC(N)=O)C(=O)N[C@H](C(=O)N[C@@H](C)C(=O)N[C@@H](C)C(=O)N[C@H](C(=O)N[C@@H](C)C(=O)N[C@@H](C)C(=O)N[C@@H](CCCN=C(N)N)C(=O)NCC(=O)O)C(C)C)C(C)C. The molecule has 33 N–H and O–H groups in total. The molecular weight excluding hydrogens is 1780 g/mol. The number of aliphatic hydroxyl groups excluding tert-OH is 2. The first-order chi connectivity index (χ1) is 62.7. The fourth-order valence-electron chi connectivity index (χ4n) is 12.6. The topological polar surface area (TPSA) is 827 Å². The molecule has 0 saturated heterocycles. The van der Waals surface area contributed by atoms with Gasteiger partial charge in [-0.2, -0.15) is 0 Å². The number of hydrogen-bond donors (Lipinski definition) is 28. The van der Waals surface area contributed by atoms with E-state index < -0.39 is 314 Å². The molecule has 0 heterocycles. The number of amides is 20. The number of nitrogens with one attached hydrogen (secondary N) is 19. The molecule has 0 aromatic heterocycles. The predicted molar refractivity (Wildman–Crippen MR) is 488 cm³/mol. The molecule has 0 fully saturated rings. The number of guanidine groups is 1. The minimum atomic E-state index is -1.95. The van der Waals surface area contributed by atoms with Crippen LogP contribution in [0, 0.1) is 35.5 Å². The molecule has 0 aromatic carbocycles. The van der Waals surface area contributed by atoms with Crippen LogP contribution in [0.1, 0.15) is 209 Å². The van der Waals surface area contributed by atoms with Gasteiger partial charge in [0.05, 0.1) is 31.3 Å². The Hall–Kier alpha value is -12.5. The number of aliphatic carboxylic acids is 2. The summed E-state index contributed by atoms with van der Waals surface area (Å²) >= 11 is 0. The molecule has 20 atom stereocenters. The zero-order chi connectivity index (χ0) is 104. The van der Waals surface area contributed by atoms with Crippen LogP contribution in [0.15, 0.2) is 4.99 Å². The quantitative estimate of drug-likeness (QED) is 0.0153. The van der Waals surface area contributed by atoms with E-state index in [0.29, 0.717) is 19.4 Å². The van der Waals surface area contributed by atoms with E-state index in [0.717, 1.165) is 13.8 Å². The van der Waals surface area contributed by atoms with Crippen molar-refractivity contribution in [2.24, 2.45) is 69.2 Å². The van der Waals surface area contributed by atoms with Gasteiger partial charge in [-0.3, -0.25) is 110 Å². The molecule has 0 unspecified atom stereocenters. The van der Waals surface area contributed by atoms with Crippen molar-refractivity contribution in [3.63, 3.8) is 0 Å². The third kappa shape index (κ3) is 47.8. The Morgan fingerprint density at radius 3 is 1.04 bits per heavy atom. The van der Waals surface area contributed by atoms with Crippen LogP contribution in [0.5, 0.6) is 0 Å². The van der Waals surface area contributed by atoms with E-state index >= 15 is 0 Å². The Bertz CT molecular complexity index is 4070. The summed E-state index contributed by atoms with van der Waals surface area (Å²) in [6.45, 7) is 26.0. The van der Waals surface area contributed by atoms with Crippen molar-refractivity contribution in [3.05, 3.63) is 0 Å². The van der Waals surface area contributed by atoms with Crippen LogP contribution in [0.4, 0.5) is 0 Å². The van der Waals surface area contributed by atoms with Gasteiger partial charge in [-0.15, -0.1) is 0 Å². The Balaban J connectivity index is 6.41. The Morgan fingerprint density at radius 1 is 0.304 bits per heavy atom. The lowest BCUT2D eigenvalue weighted by Crippen LogP contribution is -2.63.